The molecule has 0 heterocycles. The smallest absolute Gasteiger partial charge is 0.242 e. The summed E-state index contributed by atoms with van der Waals surface area (Å²) in [6.45, 7) is 4.07. The number of nitrogens with one attached hydrogen (secondary N) is 1. The molecule has 2 amide bonds. The average Bonchev–Trinajstić information content (AvgIpc) is 2.69. The van der Waals surface area contributed by atoms with E-state index in [0.29, 0.717) is 10.0 Å². The summed E-state index contributed by atoms with van der Waals surface area (Å²) in [4.78, 5) is 26.6. The lowest BCUT2D eigenvalue weighted by molar-refractivity contribution is -0.138. The van der Waals surface area contributed by atoms with Crippen LogP contribution in [0.3, 0.4) is 0 Å². The first-order chi connectivity index (χ1) is 13.3. The second kappa shape index (κ2) is 10.7. The van der Waals surface area contributed by atoms with E-state index in [9.17, 15) is 9.59 Å². The molecule has 0 saturated heterocycles. The lowest BCUT2D eigenvalue weighted by atomic mass is 10.1. The molecule has 0 spiro atoms. The van der Waals surface area contributed by atoms with Crippen molar-refractivity contribution in [3.05, 3.63) is 69.2 Å². The predicted octanol–water partition coefficient (Wildman–Crippen LogP) is 4.70. The largest absolute Gasteiger partial charge is 0.357 e. The Morgan fingerprint density at radius 1 is 1.14 bits per heavy atom. The van der Waals surface area contributed by atoms with Crippen molar-refractivity contribution >= 4 is 46.8 Å². The SMILES string of the molecule is CNC(=O)C(C)N(Cc1ccc(Cl)c(Cl)c1)C(=O)CSCc1ccccc1C. The van der Waals surface area contributed by atoms with Gasteiger partial charge in [0.1, 0.15) is 6.04 Å². The summed E-state index contributed by atoms with van der Waals surface area (Å²) < 4.78 is 0. The Bertz CT molecular complexity index is 845. The number of likely N-dealkylation sites (N-methyl/N-ethyl adjacent to an activating group) is 1. The molecule has 2 aromatic carbocycles. The molecule has 0 aromatic heterocycles. The number of thioether (sulfide) groups is 1. The Morgan fingerprint density at radius 2 is 1.86 bits per heavy atom. The number of hydrogen-bond donors (Lipinski definition) is 1. The zero-order chi connectivity index (χ0) is 20.7. The zero-order valence-corrected chi connectivity index (χ0v) is 18.5. The molecule has 2 rings (SSSR count). The van der Waals surface area contributed by atoms with Crippen molar-refractivity contribution in [1.82, 2.24) is 10.2 Å². The van der Waals surface area contributed by atoms with Gasteiger partial charge in [0, 0.05) is 19.3 Å². The summed E-state index contributed by atoms with van der Waals surface area (Å²) in [6.07, 6.45) is 0. The maximum Gasteiger partial charge on any atom is 0.242 e. The number of carbonyl (C=O) groups is 2. The fourth-order valence-electron chi connectivity index (χ4n) is 2.73. The molecule has 0 aliphatic rings. The molecule has 1 N–H and O–H groups in total. The van der Waals surface area contributed by atoms with Gasteiger partial charge in [-0.05, 0) is 42.7 Å². The highest BCUT2D eigenvalue weighted by atomic mass is 35.5. The lowest BCUT2D eigenvalue weighted by Crippen LogP contribution is -2.47. The Labute approximate surface area is 180 Å². The topological polar surface area (TPSA) is 49.4 Å². The molecule has 0 fully saturated rings. The van der Waals surface area contributed by atoms with Gasteiger partial charge in [-0.25, -0.2) is 0 Å². The molecule has 4 nitrogen and oxygen atoms in total. The van der Waals surface area contributed by atoms with Gasteiger partial charge in [0.25, 0.3) is 0 Å². The van der Waals surface area contributed by atoms with E-state index < -0.39 is 6.04 Å². The van der Waals surface area contributed by atoms with E-state index in [-0.39, 0.29) is 24.1 Å². The van der Waals surface area contributed by atoms with Crippen LogP contribution in [0.5, 0.6) is 0 Å². The Hall–Kier alpha value is -1.69. The molecule has 28 heavy (non-hydrogen) atoms. The number of aryl methyl sites for hydroxylation is 1. The van der Waals surface area contributed by atoms with Crippen LogP contribution in [-0.2, 0) is 21.9 Å². The number of amides is 2. The summed E-state index contributed by atoms with van der Waals surface area (Å²) in [7, 11) is 1.56. The van der Waals surface area contributed by atoms with E-state index in [1.54, 1.807) is 31.0 Å². The minimum Gasteiger partial charge on any atom is -0.357 e. The van der Waals surface area contributed by atoms with Crippen LogP contribution in [0, 0.1) is 6.92 Å². The molecule has 1 atom stereocenters. The summed E-state index contributed by atoms with van der Waals surface area (Å²) in [5.41, 5.74) is 3.23. The molecule has 1 unspecified atom stereocenters. The fourth-order valence-corrected chi connectivity index (χ4v) is 4.04. The summed E-state index contributed by atoms with van der Waals surface area (Å²) in [5, 5.41) is 3.49. The average molecular weight is 439 g/mol. The normalized spacial score (nSPS) is 11.8. The molecule has 0 saturated carbocycles. The van der Waals surface area contributed by atoms with E-state index >= 15 is 0 Å². The number of hydrogen-bond acceptors (Lipinski definition) is 3. The van der Waals surface area contributed by atoms with Gasteiger partial charge >= 0.3 is 0 Å². The van der Waals surface area contributed by atoms with Crippen LogP contribution < -0.4 is 5.32 Å². The van der Waals surface area contributed by atoms with Gasteiger partial charge in [-0.15, -0.1) is 11.8 Å². The quantitative estimate of drug-likeness (QED) is 0.649. The van der Waals surface area contributed by atoms with Gasteiger partial charge in [0.2, 0.25) is 11.8 Å². The molecule has 150 valence electrons. The van der Waals surface area contributed by atoms with Crippen LogP contribution >= 0.6 is 35.0 Å². The highest BCUT2D eigenvalue weighted by Crippen LogP contribution is 2.24. The molecule has 2 aromatic rings. The van der Waals surface area contributed by atoms with Crippen LogP contribution in [0.25, 0.3) is 0 Å². The number of rotatable bonds is 8. The maximum absolute atomic E-state index is 12.9. The van der Waals surface area contributed by atoms with Crippen molar-refractivity contribution in [3.8, 4) is 0 Å². The third-order valence-electron chi connectivity index (χ3n) is 4.49. The van der Waals surface area contributed by atoms with Crippen molar-refractivity contribution in [2.75, 3.05) is 12.8 Å². The second-order valence-corrected chi connectivity index (χ2v) is 8.28. The van der Waals surface area contributed by atoms with Gasteiger partial charge in [0.15, 0.2) is 0 Å². The van der Waals surface area contributed by atoms with Crippen LogP contribution in [0.4, 0.5) is 0 Å². The van der Waals surface area contributed by atoms with Crippen LogP contribution in [0.15, 0.2) is 42.5 Å². The third-order valence-corrected chi connectivity index (χ3v) is 6.20. The first kappa shape index (κ1) is 22.6. The fraction of sp³-hybridized carbons (Fsp3) is 0.333. The van der Waals surface area contributed by atoms with Gasteiger partial charge < -0.3 is 10.2 Å². The molecular formula is C21H24Cl2N2O2S. The van der Waals surface area contributed by atoms with E-state index in [2.05, 4.69) is 24.4 Å². The Balaban J connectivity index is 2.09. The highest BCUT2D eigenvalue weighted by molar-refractivity contribution is 7.99. The third kappa shape index (κ3) is 6.16. The number of benzene rings is 2. The van der Waals surface area contributed by atoms with Crippen molar-refractivity contribution in [2.24, 2.45) is 0 Å². The maximum atomic E-state index is 12.9. The number of halogens is 2. The molecule has 0 aliphatic carbocycles. The van der Waals surface area contributed by atoms with Crippen LogP contribution in [0.1, 0.15) is 23.6 Å². The second-order valence-electron chi connectivity index (χ2n) is 6.48. The summed E-state index contributed by atoms with van der Waals surface area (Å²) in [5.74, 6) is 0.725. The summed E-state index contributed by atoms with van der Waals surface area (Å²) in [6, 6.07) is 12.8. The Morgan fingerprint density at radius 3 is 2.50 bits per heavy atom. The minimum atomic E-state index is -0.592. The first-order valence-corrected chi connectivity index (χ1v) is 10.8. The molecule has 0 aliphatic heterocycles. The van der Waals surface area contributed by atoms with Gasteiger partial charge in [-0.2, -0.15) is 0 Å². The number of carbonyl (C=O) groups excluding carboxylic acids is 2. The molecule has 0 radical (unpaired) electrons. The van der Waals surface area contributed by atoms with E-state index in [4.69, 9.17) is 23.2 Å². The van der Waals surface area contributed by atoms with E-state index in [0.717, 1.165) is 11.3 Å². The van der Waals surface area contributed by atoms with Gasteiger partial charge in [-0.1, -0.05) is 53.5 Å². The molecular weight excluding hydrogens is 415 g/mol. The first-order valence-electron chi connectivity index (χ1n) is 8.90. The summed E-state index contributed by atoms with van der Waals surface area (Å²) >= 11 is 13.6. The van der Waals surface area contributed by atoms with Crippen LogP contribution in [0.2, 0.25) is 10.0 Å². The van der Waals surface area contributed by atoms with Crippen molar-refractivity contribution < 1.29 is 9.59 Å². The van der Waals surface area contributed by atoms with Crippen molar-refractivity contribution in [1.29, 1.82) is 0 Å². The van der Waals surface area contributed by atoms with E-state index in [1.807, 2.05) is 18.2 Å². The molecule has 7 heteroatoms. The van der Waals surface area contributed by atoms with Crippen molar-refractivity contribution in [2.45, 2.75) is 32.2 Å². The van der Waals surface area contributed by atoms with E-state index in [1.165, 1.54) is 22.9 Å². The highest BCUT2D eigenvalue weighted by Gasteiger charge is 2.25. The monoisotopic (exact) mass is 438 g/mol. The standard InChI is InChI=1S/C21H24Cl2N2O2S/c1-14-6-4-5-7-17(14)12-28-13-20(26)25(15(2)21(27)24-3)11-16-8-9-18(22)19(23)10-16/h4-10,15H,11-13H2,1-3H3,(H,24,27). The zero-order valence-electron chi connectivity index (χ0n) is 16.2. The minimum absolute atomic E-state index is 0.0965. The predicted molar refractivity (Wildman–Crippen MR) is 118 cm³/mol. The lowest BCUT2D eigenvalue weighted by Gasteiger charge is -2.28. The number of nitrogens with zero attached hydrogens (tertiary/aromatic N) is 1. The molecule has 0 bridgehead atoms. The van der Waals surface area contributed by atoms with Gasteiger partial charge in [0.05, 0.1) is 15.8 Å². The Kier molecular flexibility index (Phi) is 8.67. The van der Waals surface area contributed by atoms with Crippen LogP contribution in [-0.4, -0.2) is 35.6 Å². The van der Waals surface area contributed by atoms with Gasteiger partial charge in [-0.3, -0.25) is 9.59 Å². The van der Waals surface area contributed by atoms with Crippen molar-refractivity contribution in [3.63, 3.8) is 0 Å².